The molecule has 0 bridgehead atoms. The fourth-order valence-corrected chi connectivity index (χ4v) is 2.33. The predicted octanol–water partition coefficient (Wildman–Crippen LogP) is 3.82. The molecule has 0 spiro atoms. The molecule has 0 aromatic heterocycles. The average Bonchev–Trinajstić information content (AvgIpc) is 2.53. The van der Waals surface area contributed by atoms with E-state index in [4.69, 9.17) is 4.74 Å². The molecule has 0 saturated heterocycles. The Morgan fingerprint density at radius 3 is 2.14 bits per heavy atom. The van der Waals surface area contributed by atoms with Crippen LogP contribution in [0, 0.1) is 6.92 Å². The van der Waals surface area contributed by atoms with Crippen LogP contribution in [0.2, 0.25) is 0 Å². The Balaban J connectivity index is 2.93. The fourth-order valence-electron chi connectivity index (χ4n) is 2.33. The van der Waals surface area contributed by atoms with Gasteiger partial charge in [0.1, 0.15) is 0 Å². The van der Waals surface area contributed by atoms with E-state index in [0.29, 0.717) is 11.1 Å². The number of amides is 1. The third-order valence-corrected chi connectivity index (χ3v) is 3.73. The zero-order valence-corrected chi connectivity index (χ0v) is 14.1. The first-order chi connectivity index (χ1) is 10.5. The van der Waals surface area contributed by atoms with Gasteiger partial charge in [-0.2, -0.15) is 0 Å². The molecule has 0 fully saturated rings. The summed E-state index contributed by atoms with van der Waals surface area (Å²) in [4.78, 5) is 26.2. The Bertz CT molecular complexity index is 503. The molecule has 1 aromatic carbocycles. The van der Waals surface area contributed by atoms with E-state index in [9.17, 15) is 9.59 Å². The highest BCUT2D eigenvalue weighted by molar-refractivity contribution is 5.97. The van der Waals surface area contributed by atoms with E-state index in [1.54, 1.807) is 18.2 Å². The van der Waals surface area contributed by atoms with Crippen molar-refractivity contribution in [1.29, 1.82) is 0 Å². The molecular formula is C18H27NO3. The van der Waals surface area contributed by atoms with Crippen molar-refractivity contribution >= 4 is 11.9 Å². The average molecular weight is 305 g/mol. The lowest BCUT2D eigenvalue weighted by atomic mass is 10.0. The summed E-state index contributed by atoms with van der Waals surface area (Å²) in [6.07, 6.45) is 4.15. The van der Waals surface area contributed by atoms with Crippen molar-refractivity contribution < 1.29 is 14.3 Å². The van der Waals surface area contributed by atoms with Crippen molar-refractivity contribution in [2.75, 3.05) is 20.2 Å². The molecule has 0 unspecified atom stereocenters. The van der Waals surface area contributed by atoms with Gasteiger partial charge < -0.3 is 9.64 Å². The van der Waals surface area contributed by atoms with Crippen molar-refractivity contribution in [3.05, 3.63) is 34.9 Å². The Hall–Kier alpha value is -1.84. The Labute approximate surface area is 133 Å². The maximum Gasteiger partial charge on any atom is 0.338 e. The maximum absolute atomic E-state index is 12.7. The molecule has 22 heavy (non-hydrogen) atoms. The molecule has 0 atom stereocenters. The quantitative estimate of drug-likeness (QED) is 0.686. The Morgan fingerprint density at radius 2 is 1.68 bits per heavy atom. The number of methoxy groups -OCH3 is 1. The highest BCUT2D eigenvalue weighted by Gasteiger charge is 2.17. The van der Waals surface area contributed by atoms with E-state index >= 15 is 0 Å². The number of nitrogens with zero attached hydrogens (tertiary/aromatic N) is 1. The highest BCUT2D eigenvalue weighted by Crippen LogP contribution is 2.15. The topological polar surface area (TPSA) is 46.6 Å². The summed E-state index contributed by atoms with van der Waals surface area (Å²) in [5.74, 6) is -0.327. The van der Waals surface area contributed by atoms with E-state index in [-0.39, 0.29) is 11.9 Å². The summed E-state index contributed by atoms with van der Waals surface area (Å²) in [5.41, 5.74) is 1.91. The lowest BCUT2D eigenvalue weighted by molar-refractivity contribution is 0.0599. The van der Waals surface area contributed by atoms with Gasteiger partial charge in [-0.1, -0.05) is 26.7 Å². The van der Waals surface area contributed by atoms with Crippen LogP contribution < -0.4 is 0 Å². The second kappa shape index (κ2) is 9.23. The first kappa shape index (κ1) is 18.2. The van der Waals surface area contributed by atoms with Gasteiger partial charge in [-0.25, -0.2) is 4.79 Å². The number of unbranched alkanes of at least 4 members (excludes halogenated alkanes) is 2. The van der Waals surface area contributed by atoms with Crippen molar-refractivity contribution in [3.8, 4) is 0 Å². The van der Waals surface area contributed by atoms with E-state index in [1.807, 2.05) is 11.8 Å². The zero-order valence-electron chi connectivity index (χ0n) is 14.1. The molecule has 0 aliphatic carbocycles. The molecule has 0 heterocycles. The maximum atomic E-state index is 12.7. The fraction of sp³-hybridized carbons (Fsp3) is 0.556. The minimum atomic E-state index is -0.370. The lowest BCUT2D eigenvalue weighted by Crippen LogP contribution is -2.33. The number of carbonyl (C=O) groups excluding carboxylic acids is 2. The third kappa shape index (κ3) is 4.86. The van der Waals surface area contributed by atoms with Gasteiger partial charge in [0.05, 0.1) is 12.7 Å². The first-order valence-electron chi connectivity index (χ1n) is 8.03. The Morgan fingerprint density at radius 1 is 1.09 bits per heavy atom. The van der Waals surface area contributed by atoms with Gasteiger partial charge in [0.2, 0.25) is 0 Å². The first-order valence-corrected chi connectivity index (χ1v) is 8.03. The van der Waals surface area contributed by atoms with Crippen LogP contribution in [0.25, 0.3) is 0 Å². The van der Waals surface area contributed by atoms with Crippen LogP contribution >= 0.6 is 0 Å². The predicted molar refractivity (Wildman–Crippen MR) is 88.2 cm³/mol. The van der Waals surface area contributed by atoms with Crippen LogP contribution in [0.15, 0.2) is 18.2 Å². The SMILES string of the molecule is CCCCN(CCCC)C(=O)c1ccc(C(=O)OC)c(C)c1. The number of ether oxygens (including phenoxy) is 1. The van der Waals surface area contributed by atoms with Crippen LogP contribution in [0.3, 0.4) is 0 Å². The number of aryl methyl sites for hydroxylation is 1. The minimum Gasteiger partial charge on any atom is -0.465 e. The van der Waals surface area contributed by atoms with Gasteiger partial charge in [-0.3, -0.25) is 4.79 Å². The standard InChI is InChI=1S/C18H27NO3/c1-5-7-11-19(12-8-6-2)17(20)15-9-10-16(14(3)13-15)18(21)22-4/h9-10,13H,5-8,11-12H2,1-4H3. The molecule has 0 saturated carbocycles. The molecule has 0 N–H and O–H groups in total. The van der Waals surface area contributed by atoms with Gasteiger partial charge in [0.15, 0.2) is 0 Å². The van der Waals surface area contributed by atoms with E-state index in [2.05, 4.69) is 13.8 Å². The van der Waals surface area contributed by atoms with Gasteiger partial charge in [-0.15, -0.1) is 0 Å². The van der Waals surface area contributed by atoms with Crippen molar-refractivity contribution in [1.82, 2.24) is 4.90 Å². The molecule has 1 amide bonds. The van der Waals surface area contributed by atoms with E-state index in [1.165, 1.54) is 7.11 Å². The summed E-state index contributed by atoms with van der Waals surface area (Å²) in [6, 6.07) is 5.16. The molecule has 1 rings (SSSR count). The second-order valence-corrected chi connectivity index (χ2v) is 5.52. The van der Waals surface area contributed by atoms with Gasteiger partial charge in [0.25, 0.3) is 5.91 Å². The summed E-state index contributed by atoms with van der Waals surface area (Å²) in [5, 5.41) is 0. The summed E-state index contributed by atoms with van der Waals surface area (Å²) in [7, 11) is 1.36. The van der Waals surface area contributed by atoms with Crippen LogP contribution in [-0.2, 0) is 4.74 Å². The molecule has 0 aliphatic heterocycles. The monoisotopic (exact) mass is 305 g/mol. The van der Waals surface area contributed by atoms with E-state index in [0.717, 1.165) is 44.3 Å². The number of hydrogen-bond donors (Lipinski definition) is 0. The van der Waals surface area contributed by atoms with Crippen LogP contribution in [0.4, 0.5) is 0 Å². The molecule has 4 nitrogen and oxygen atoms in total. The van der Waals surface area contributed by atoms with Crippen LogP contribution in [-0.4, -0.2) is 37.0 Å². The normalized spacial score (nSPS) is 10.4. The molecule has 1 aromatic rings. The number of benzene rings is 1. The summed E-state index contributed by atoms with van der Waals surface area (Å²) in [6.45, 7) is 7.64. The van der Waals surface area contributed by atoms with Crippen LogP contribution in [0.1, 0.15) is 65.8 Å². The second-order valence-electron chi connectivity index (χ2n) is 5.52. The molecular weight excluding hydrogens is 278 g/mol. The number of esters is 1. The van der Waals surface area contributed by atoms with Gasteiger partial charge in [-0.05, 0) is 43.5 Å². The molecule has 4 heteroatoms. The Kier molecular flexibility index (Phi) is 7.64. The number of rotatable bonds is 8. The van der Waals surface area contributed by atoms with Gasteiger partial charge in [0, 0.05) is 18.7 Å². The number of carbonyl (C=O) groups is 2. The molecule has 0 aliphatic rings. The van der Waals surface area contributed by atoms with Gasteiger partial charge >= 0.3 is 5.97 Å². The smallest absolute Gasteiger partial charge is 0.338 e. The summed E-state index contributed by atoms with van der Waals surface area (Å²) < 4.78 is 4.74. The van der Waals surface area contributed by atoms with Crippen molar-refractivity contribution in [2.24, 2.45) is 0 Å². The van der Waals surface area contributed by atoms with Crippen molar-refractivity contribution in [3.63, 3.8) is 0 Å². The molecule has 122 valence electrons. The van der Waals surface area contributed by atoms with Crippen molar-refractivity contribution in [2.45, 2.75) is 46.5 Å². The highest BCUT2D eigenvalue weighted by atomic mass is 16.5. The lowest BCUT2D eigenvalue weighted by Gasteiger charge is -2.23. The largest absolute Gasteiger partial charge is 0.465 e. The van der Waals surface area contributed by atoms with Crippen LogP contribution in [0.5, 0.6) is 0 Å². The number of hydrogen-bond acceptors (Lipinski definition) is 3. The minimum absolute atomic E-state index is 0.0430. The van der Waals surface area contributed by atoms with E-state index < -0.39 is 0 Å². The molecule has 0 radical (unpaired) electrons. The zero-order chi connectivity index (χ0) is 16.5. The summed E-state index contributed by atoms with van der Waals surface area (Å²) >= 11 is 0. The third-order valence-electron chi connectivity index (χ3n) is 3.73.